The number of esters is 1. The Kier molecular flexibility index (Phi) is 5.53. The standard InChI is InChI=1S/C23H24N4O5S/c1-3-31-22(29)18-14(25-23(30)26-19(18)15-5-4-8-32-15)10-27-11-24-20-17(21(27)28)13-7-6-12(2)9-16(13)33-20/h4-5,8,11-12,19H,3,6-7,9-10H2,1-2H3,(H2,25,26,30). The van der Waals surface area contributed by atoms with Gasteiger partial charge in [-0.05, 0) is 49.8 Å². The molecule has 0 radical (unpaired) electrons. The highest BCUT2D eigenvalue weighted by Crippen LogP contribution is 2.35. The van der Waals surface area contributed by atoms with Crippen LogP contribution in [0.25, 0.3) is 10.2 Å². The largest absolute Gasteiger partial charge is 0.467 e. The number of furan rings is 1. The number of ether oxygens (including phenoxy) is 1. The van der Waals surface area contributed by atoms with Gasteiger partial charge in [-0.15, -0.1) is 11.3 Å². The number of nitrogens with one attached hydrogen (secondary N) is 2. The summed E-state index contributed by atoms with van der Waals surface area (Å²) in [6, 6.07) is 2.02. The molecule has 10 heteroatoms. The highest BCUT2D eigenvalue weighted by Gasteiger charge is 2.35. The van der Waals surface area contributed by atoms with Gasteiger partial charge in [0.1, 0.15) is 16.6 Å². The number of hydrogen-bond acceptors (Lipinski definition) is 7. The molecule has 1 aliphatic heterocycles. The summed E-state index contributed by atoms with van der Waals surface area (Å²) in [6.45, 7) is 4.07. The summed E-state index contributed by atoms with van der Waals surface area (Å²) < 4.78 is 12.1. The van der Waals surface area contributed by atoms with Crippen LogP contribution in [-0.4, -0.2) is 28.2 Å². The molecule has 2 amide bonds. The highest BCUT2D eigenvalue weighted by atomic mass is 32.1. The number of thiophene rings is 1. The van der Waals surface area contributed by atoms with Crippen molar-refractivity contribution < 1.29 is 18.7 Å². The fraction of sp³-hybridized carbons (Fsp3) is 0.391. The average molecular weight is 469 g/mol. The molecule has 2 unspecified atom stereocenters. The summed E-state index contributed by atoms with van der Waals surface area (Å²) in [6.07, 6.45) is 5.80. The molecular weight excluding hydrogens is 444 g/mol. The van der Waals surface area contributed by atoms with Gasteiger partial charge in [-0.1, -0.05) is 6.92 Å². The van der Waals surface area contributed by atoms with Crippen LogP contribution in [0, 0.1) is 5.92 Å². The molecule has 2 aliphatic rings. The minimum absolute atomic E-state index is 0.0262. The smallest absolute Gasteiger partial charge is 0.338 e. The first kappa shape index (κ1) is 21.4. The van der Waals surface area contributed by atoms with E-state index in [1.807, 2.05) is 0 Å². The number of nitrogens with zero attached hydrogens (tertiary/aromatic N) is 2. The van der Waals surface area contributed by atoms with Crippen molar-refractivity contribution in [3.8, 4) is 0 Å². The number of aromatic nitrogens is 2. The summed E-state index contributed by atoms with van der Waals surface area (Å²) in [7, 11) is 0. The second-order valence-corrected chi connectivity index (χ2v) is 9.45. The Hall–Kier alpha value is -3.40. The van der Waals surface area contributed by atoms with E-state index in [-0.39, 0.29) is 30.0 Å². The van der Waals surface area contributed by atoms with Crippen LogP contribution in [0.3, 0.4) is 0 Å². The summed E-state index contributed by atoms with van der Waals surface area (Å²) in [5.74, 6) is 0.395. The van der Waals surface area contributed by atoms with Gasteiger partial charge in [-0.3, -0.25) is 9.36 Å². The molecule has 0 fully saturated rings. The van der Waals surface area contributed by atoms with Crippen LogP contribution in [0.15, 0.2) is 45.2 Å². The van der Waals surface area contributed by atoms with Crippen LogP contribution in [0.2, 0.25) is 0 Å². The van der Waals surface area contributed by atoms with E-state index in [0.717, 1.165) is 29.7 Å². The quantitative estimate of drug-likeness (QED) is 0.556. The SMILES string of the molecule is CCOC(=O)C1=C(Cn2cnc3sc4c(c3c2=O)CCC(C)C4)NC(=O)NC1c1ccco1. The third-order valence-corrected chi connectivity index (χ3v) is 7.25. The predicted octanol–water partition coefficient (Wildman–Crippen LogP) is 3.05. The van der Waals surface area contributed by atoms with Crippen molar-refractivity contribution in [3.05, 3.63) is 62.5 Å². The van der Waals surface area contributed by atoms with E-state index in [0.29, 0.717) is 17.1 Å². The molecule has 0 aromatic carbocycles. The molecule has 2 atom stereocenters. The van der Waals surface area contributed by atoms with E-state index in [2.05, 4.69) is 22.5 Å². The fourth-order valence-electron chi connectivity index (χ4n) is 4.51. The summed E-state index contributed by atoms with van der Waals surface area (Å²) in [4.78, 5) is 45.2. The van der Waals surface area contributed by atoms with E-state index in [4.69, 9.17) is 9.15 Å². The zero-order valence-electron chi connectivity index (χ0n) is 18.3. The van der Waals surface area contributed by atoms with E-state index >= 15 is 0 Å². The molecule has 0 saturated heterocycles. The summed E-state index contributed by atoms with van der Waals surface area (Å²) in [5, 5.41) is 6.03. The lowest BCUT2D eigenvalue weighted by molar-refractivity contribution is -0.139. The molecule has 0 spiro atoms. The highest BCUT2D eigenvalue weighted by molar-refractivity contribution is 7.18. The van der Waals surface area contributed by atoms with Crippen molar-refractivity contribution in [2.75, 3.05) is 6.61 Å². The molecule has 0 saturated carbocycles. The van der Waals surface area contributed by atoms with Gasteiger partial charge in [0.05, 0.1) is 42.4 Å². The second-order valence-electron chi connectivity index (χ2n) is 8.37. The molecule has 4 heterocycles. The molecule has 1 aliphatic carbocycles. The van der Waals surface area contributed by atoms with Gasteiger partial charge in [-0.2, -0.15) is 0 Å². The van der Waals surface area contributed by atoms with E-state index in [1.54, 1.807) is 30.4 Å². The van der Waals surface area contributed by atoms with Crippen LogP contribution in [0.4, 0.5) is 4.79 Å². The van der Waals surface area contributed by atoms with Crippen molar-refractivity contribution in [1.29, 1.82) is 0 Å². The van der Waals surface area contributed by atoms with E-state index < -0.39 is 18.0 Å². The van der Waals surface area contributed by atoms with Gasteiger partial charge in [0, 0.05) is 4.88 Å². The van der Waals surface area contributed by atoms with E-state index in [9.17, 15) is 14.4 Å². The second kappa shape index (κ2) is 8.51. The van der Waals surface area contributed by atoms with Crippen molar-refractivity contribution in [3.63, 3.8) is 0 Å². The van der Waals surface area contributed by atoms with Crippen LogP contribution in [0.5, 0.6) is 0 Å². The zero-order valence-corrected chi connectivity index (χ0v) is 19.2. The third-order valence-electron chi connectivity index (χ3n) is 6.09. The summed E-state index contributed by atoms with van der Waals surface area (Å²) in [5.41, 5.74) is 1.38. The maximum atomic E-state index is 13.5. The number of rotatable bonds is 5. The van der Waals surface area contributed by atoms with Crippen molar-refractivity contribution >= 4 is 33.6 Å². The lowest BCUT2D eigenvalue weighted by atomic mass is 9.89. The minimum Gasteiger partial charge on any atom is -0.467 e. The monoisotopic (exact) mass is 468 g/mol. The molecule has 2 N–H and O–H groups in total. The van der Waals surface area contributed by atoms with Gasteiger partial charge in [0.25, 0.3) is 5.56 Å². The predicted molar refractivity (Wildman–Crippen MR) is 122 cm³/mol. The number of carbonyl (C=O) groups excluding carboxylic acids is 2. The normalized spacial score (nSPS) is 20.4. The molecule has 5 rings (SSSR count). The Balaban J connectivity index is 1.60. The maximum absolute atomic E-state index is 13.5. The van der Waals surface area contributed by atoms with Gasteiger partial charge in [0.15, 0.2) is 0 Å². The number of urea groups is 1. The Morgan fingerprint density at radius 3 is 3.00 bits per heavy atom. The lowest BCUT2D eigenvalue weighted by Crippen LogP contribution is -2.47. The Morgan fingerprint density at radius 2 is 2.24 bits per heavy atom. The van der Waals surface area contributed by atoms with E-state index in [1.165, 1.54) is 22.0 Å². The van der Waals surface area contributed by atoms with Crippen LogP contribution in [-0.2, 0) is 28.9 Å². The Labute approximate surface area is 193 Å². The molecular formula is C23H24N4O5S. The Bertz CT molecular complexity index is 1320. The number of amides is 2. The third kappa shape index (κ3) is 3.84. The van der Waals surface area contributed by atoms with Crippen LogP contribution >= 0.6 is 11.3 Å². The molecule has 3 aromatic rings. The van der Waals surface area contributed by atoms with Gasteiger partial charge < -0.3 is 19.8 Å². The molecule has 0 bridgehead atoms. The first-order valence-corrected chi connectivity index (χ1v) is 11.8. The van der Waals surface area contributed by atoms with Crippen molar-refractivity contribution in [2.45, 2.75) is 45.7 Å². The Morgan fingerprint density at radius 1 is 1.39 bits per heavy atom. The minimum atomic E-state index is -0.828. The topological polar surface area (TPSA) is 115 Å². The molecule has 9 nitrogen and oxygen atoms in total. The lowest BCUT2D eigenvalue weighted by Gasteiger charge is -2.28. The molecule has 33 heavy (non-hydrogen) atoms. The van der Waals surface area contributed by atoms with Crippen molar-refractivity contribution in [1.82, 2.24) is 20.2 Å². The number of aryl methyl sites for hydroxylation is 1. The number of allylic oxidation sites excluding steroid dienone is 1. The fourth-order valence-corrected chi connectivity index (χ4v) is 5.85. The number of hydrogen-bond donors (Lipinski definition) is 2. The van der Waals surface area contributed by atoms with Crippen LogP contribution < -0.4 is 16.2 Å². The van der Waals surface area contributed by atoms with Gasteiger partial charge in [0.2, 0.25) is 0 Å². The van der Waals surface area contributed by atoms with Crippen molar-refractivity contribution in [2.24, 2.45) is 5.92 Å². The zero-order chi connectivity index (χ0) is 23.1. The molecule has 172 valence electrons. The first-order valence-electron chi connectivity index (χ1n) is 11.0. The number of fused-ring (bicyclic) bond motifs is 3. The number of carbonyl (C=O) groups is 2. The van der Waals surface area contributed by atoms with Crippen LogP contribution in [0.1, 0.15) is 42.5 Å². The summed E-state index contributed by atoms with van der Waals surface area (Å²) >= 11 is 1.58. The van der Waals surface area contributed by atoms with Gasteiger partial charge >= 0.3 is 12.0 Å². The first-order chi connectivity index (χ1) is 16.0. The van der Waals surface area contributed by atoms with Gasteiger partial charge in [-0.25, -0.2) is 14.6 Å². The average Bonchev–Trinajstić information content (AvgIpc) is 3.43. The maximum Gasteiger partial charge on any atom is 0.338 e. The molecule has 3 aromatic heterocycles.